The van der Waals surface area contributed by atoms with Crippen LogP contribution < -0.4 is 11.1 Å². The lowest BCUT2D eigenvalue weighted by Crippen LogP contribution is -2.33. The van der Waals surface area contributed by atoms with Crippen LogP contribution in [-0.4, -0.2) is 28.3 Å². The van der Waals surface area contributed by atoms with Crippen molar-refractivity contribution in [1.82, 2.24) is 9.97 Å². The summed E-state index contributed by atoms with van der Waals surface area (Å²) in [6.07, 6.45) is 9.91. The second kappa shape index (κ2) is 7.84. The van der Waals surface area contributed by atoms with E-state index in [2.05, 4.69) is 15.3 Å². The fraction of sp³-hybridized carbons (Fsp3) is 0.375. The van der Waals surface area contributed by atoms with E-state index in [4.69, 9.17) is 17.3 Å². The van der Waals surface area contributed by atoms with Gasteiger partial charge in [0.25, 0.3) is 0 Å². The second-order valence-electron chi connectivity index (χ2n) is 8.77. The molecule has 7 heteroatoms. The van der Waals surface area contributed by atoms with E-state index < -0.39 is 11.2 Å². The number of rotatable bonds is 5. The number of pyridine rings is 2. The van der Waals surface area contributed by atoms with Crippen LogP contribution in [0.4, 0.5) is 10.1 Å². The van der Waals surface area contributed by atoms with Gasteiger partial charge in [0.15, 0.2) is 11.0 Å². The van der Waals surface area contributed by atoms with Crippen LogP contribution in [0.2, 0.25) is 5.15 Å². The average molecular weight is 439 g/mol. The maximum absolute atomic E-state index is 14.6. The number of anilines is 1. The van der Waals surface area contributed by atoms with Crippen molar-refractivity contribution in [2.75, 3.05) is 5.32 Å². The van der Waals surface area contributed by atoms with Crippen LogP contribution in [0.15, 0.2) is 36.7 Å². The Morgan fingerprint density at radius 3 is 2.65 bits per heavy atom. The van der Waals surface area contributed by atoms with E-state index in [1.165, 1.54) is 6.20 Å². The second-order valence-corrected chi connectivity index (χ2v) is 9.13. The van der Waals surface area contributed by atoms with Gasteiger partial charge in [-0.3, -0.25) is 4.98 Å². The highest BCUT2D eigenvalue weighted by atomic mass is 35.5. The van der Waals surface area contributed by atoms with Crippen molar-refractivity contribution in [2.24, 2.45) is 5.73 Å². The Morgan fingerprint density at radius 2 is 1.94 bits per heavy atom. The van der Waals surface area contributed by atoms with E-state index >= 15 is 0 Å². The highest BCUT2D eigenvalue weighted by Gasteiger charge is 2.46. The zero-order chi connectivity index (χ0) is 21.6. The van der Waals surface area contributed by atoms with Gasteiger partial charge in [0, 0.05) is 46.7 Å². The molecule has 0 amide bonds. The van der Waals surface area contributed by atoms with Crippen molar-refractivity contribution in [2.45, 2.75) is 56.0 Å². The largest absolute Gasteiger partial charge is 0.381 e. The number of fused-ring (bicyclic) bond motifs is 1. The zero-order valence-electron chi connectivity index (χ0n) is 17.1. The summed E-state index contributed by atoms with van der Waals surface area (Å²) in [4.78, 5) is 20.4. The highest BCUT2D eigenvalue weighted by molar-refractivity contribution is 6.29. The van der Waals surface area contributed by atoms with Crippen molar-refractivity contribution in [1.29, 1.82) is 0 Å². The third-order valence-electron chi connectivity index (χ3n) is 6.70. The topological polar surface area (TPSA) is 80.9 Å². The zero-order valence-corrected chi connectivity index (χ0v) is 17.8. The van der Waals surface area contributed by atoms with E-state index in [0.717, 1.165) is 67.0 Å². The molecule has 2 aliphatic carbocycles. The fourth-order valence-electron chi connectivity index (χ4n) is 4.59. The third-order valence-corrected chi connectivity index (χ3v) is 6.96. The number of hydrogen-bond donors (Lipinski definition) is 2. The minimum absolute atomic E-state index is 0.153. The Bertz CT molecular complexity index is 1160. The molecule has 0 saturated heterocycles. The van der Waals surface area contributed by atoms with Gasteiger partial charge < -0.3 is 15.8 Å². The van der Waals surface area contributed by atoms with E-state index in [1.54, 1.807) is 6.07 Å². The Kier molecular flexibility index (Phi) is 5.15. The minimum Gasteiger partial charge on any atom is -0.381 e. The molecule has 2 fully saturated rings. The van der Waals surface area contributed by atoms with Gasteiger partial charge in [-0.2, -0.15) is 0 Å². The molecule has 2 heterocycles. The van der Waals surface area contributed by atoms with E-state index in [1.807, 2.05) is 24.4 Å². The van der Waals surface area contributed by atoms with Crippen molar-refractivity contribution >= 4 is 34.5 Å². The van der Waals surface area contributed by atoms with Crippen molar-refractivity contribution in [3.63, 3.8) is 0 Å². The Balaban J connectivity index is 1.65. The monoisotopic (exact) mass is 438 g/mol. The van der Waals surface area contributed by atoms with Gasteiger partial charge in [-0.1, -0.05) is 17.7 Å². The number of nitrogens with one attached hydrogen (secondary N) is 1. The number of nitrogens with zero attached hydrogens (tertiary/aromatic N) is 2. The molecule has 2 aliphatic rings. The van der Waals surface area contributed by atoms with Crippen molar-refractivity contribution < 1.29 is 9.18 Å². The SMILES string of the molecule is N[C@H]1CC[C@H](Nc2c(C3(C=O)CC3)cnc3ccc(-c4ccnc(Cl)c4F)cc23)CC1. The third kappa shape index (κ3) is 3.68. The van der Waals surface area contributed by atoms with Gasteiger partial charge in [-0.05, 0) is 62.3 Å². The number of halogens is 2. The molecule has 0 unspecified atom stereocenters. The summed E-state index contributed by atoms with van der Waals surface area (Å²) in [6, 6.07) is 7.79. The van der Waals surface area contributed by atoms with Gasteiger partial charge in [-0.25, -0.2) is 9.37 Å². The van der Waals surface area contributed by atoms with E-state index in [-0.39, 0.29) is 17.2 Å². The molecular formula is C24H24ClFN4O. The van der Waals surface area contributed by atoms with Crippen LogP contribution >= 0.6 is 11.6 Å². The van der Waals surface area contributed by atoms with Crippen LogP contribution in [0.5, 0.6) is 0 Å². The van der Waals surface area contributed by atoms with Gasteiger partial charge in [0.2, 0.25) is 0 Å². The molecule has 2 aromatic heterocycles. The molecule has 0 aliphatic heterocycles. The average Bonchev–Trinajstić information content (AvgIpc) is 3.58. The van der Waals surface area contributed by atoms with Gasteiger partial charge in [0.05, 0.1) is 10.9 Å². The number of nitrogens with two attached hydrogens (primary N) is 1. The first-order chi connectivity index (χ1) is 15.0. The smallest absolute Gasteiger partial charge is 0.168 e. The fourth-order valence-corrected chi connectivity index (χ4v) is 4.75. The lowest BCUT2D eigenvalue weighted by atomic mass is 9.89. The number of aromatic nitrogens is 2. The summed E-state index contributed by atoms with van der Waals surface area (Å²) in [6.45, 7) is 0. The maximum Gasteiger partial charge on any atom is 0.168 e. The normalized spacial score (nSPS) is 22.3. The summed E-state index contributed by atoms with van der Waals surface area (Å²) < 4.78 is 14.6. The van der Waals surface area contributed by atoms with Gasteiger partial charge in [-0.15, -0.1) is 0 Å². The molecule has 0 spiro atoms. The van der Waals surface area contributed by atoms with Crippen LogP contribution in [0.1, 0.15) is 44.1 Å². The van der Waals surface area contributed by atoms with Gasteiger partial charge in [0.1, 0.15) is 6.29 Å². The van der Waals surface area contributed by atoms with Crippen LogP contribution in [0.3, 0.4) is 0 Å². The molecule has 3 aromatic rings. The van der Waals surface area contributed by atoms with Gasteiger partial charge >= 0.3 is 0 Å². The van der Waals surface area contributed by atoms with Crippen LogP contribution in [0.25, 0.3) is 22.0 Å². The molecule has 5 nitrogen and oxygen atoms in total. The molecule has 3 N–H and O–H groups in total. The summed E-state index contributed by atoms with van der Waals surface area (Å²) in [7, 11) is 0. The van der Waals surface area contributed by atoms with Crippen LogP contribution in [-0.2, 0) is 10.2 Å². The van der Waals surface area contributed by atoms with Crippen molar-refractivity contribution in [3.05, 3.63) is 53.2 Å². The first-order valence-electron chi connectivity index (χ1n) is 10.7. The number of aldehydes is 1. The molecule has 0 bridgehead atoms. The molecule has 0 radical (unpaired) electrons. The number of benzene rings is 1. The first-order valence-corrected chi connectivity index (χ1v) is 11.1. The quantitative estimate of drug-likeness (QED) is 0.432. The summed E-state index contributed by atoms with van der Waals surface area (Å²) in [5.41, 5.74) is 9.34. The predicted octanol–water partition coefficient (Wildman–Crippen LogP) is 5.00. The Morgan fingerprint density at radius 1 is 1.16 bits per heavy atom. The maximum atomic E-state index is 14.6. The molecule has 5 rings (SSSR count). The molecule has 31 heavy (non-hydrogen) atoms. The summed E-state index contributed by atoms with van der Waals surface area (Å²) in [5.74, 6) is -0.546. The standard InChI is InChI=1S/C24H24ClFN4O/c25-23-21(26)17(7-10-28-23)14-1-6-20-18(11-14)22(30-16-4-2-15(27)3-5-16)19(12-29-20)24(13-31)8-9-24/h1,6-7,10-13,15-16H,2-5,8-9,27H2,(H,29,30)/t15-,16-. The molecule has 0 atom stereocenters. The predicted molar refractivity (Wildman–Crippen MR) is 121 cm³/mol. The minimum atomic E-state index is -0.546. The summed E-state index contributed by atoms with van der Waals surface area (Å²) >= 11 is 5.91. The molecule has 2 saturated carbocycles. The van der Waals surface area contributed by atoms with E-state index in [0.29, 0.717) is 11.1 Å². The first kappa shape index (κ1) is 20.3. The lowest BCUT2D eigenvalue weighted by molar-refractivity contribution is -0.109. The molecule has 1 aromatic carbocycles. The number of carbonyl (C=O) groups excluding carboxylic acids is 1. The van der Waals surface area contributed by atoms with Crippen LogP contribution in [0, 0.1) is 5.82 Å². The van der Waals surface area contributed by atoms with Crippen molar-refractivity contribution in [3.8, 4) is 11.1 Å². The lowest BCUT2D eigenvalue weighted by Gasteiger charge is -2.29. The molecular weight excluding hydrogens is 415 g/mol. The Hall–Kier alpha value is -2.57. The number of carbonyl (C=O) groups is 1. The Labute approximate surface area is 185 Å². The molecule has 160 valence electrons. The summed E-state index contributed by atoms with van der Waals surface area (Å²) in [5, 5.41) is 4.44. The highest BCUT2D eigenvalue weighted by Crippen LogP contribution is 2.50. The number of hydrogen-bond acceptors (Lipinski definition) is 5. The van der Waals surface area contributed by atoms with E-state index in [9.17, 15) is 9.18 Å².